The van der Waals surface area contributed by atoms with E-state index in [0.717, 1.165) is 17.6 Å². The number of benzene rings is 1. The summed E-state index contributed by atoms with van der Waals surface area (Å²) in [4.78, 5) is 0. The van der Waals surface area contributed by atoms with E-state index in [1.54, 1.807) is 7.11 Å². The lowest BCUT2D eigenvalue weighted by Gasteiger charge is -2.28. The molecule has 1 saturated carbocycles. The Morgan fingerprint density at radius 1 is 1.05 bits per heavy atom. The van der Waals surface area contributed by atoms with Gasteiger partial charge < -0.3 is 4.74 Å². The van der Waals surface area contributed by atoms with E-state index >= 15 is 0 Å². The Morgan fingerprint density at radius 2 is 1.74 bits per heavy atom. The Hall–Kier alpha value is -0.980. The molecule has 1 nitrogen and oxygen atoms in total. The highest BCUT2D eigenvalue weighted by atomic mass is 16.5. The van der Waals surface area contributed by atoms with Crippen molar-refractivity contribution in [3.05, 3.63) is 29.8 Å². The molecule has 0 aliphatic heterocycles. The predicted molar refractivity (Wildman–Crippen MR) is 81.7 cm³/mol. The fourth-order valence-electron chi connectivity index (χ4n) is 3.42. The summed E-state index contributed by atoms with van der Waals surface area (Å²) in [6.45, 7) is 2.31. The molecule has 106 valence electrons. The van der Waals surface area contributed by atoms with E-state index in [1.807, 2.05) is 6.07 Å². The van der Waals surface area contributed by atoms with Crippen molar-refractivity contribution in [2.75, 3.05) is 7.11 Å². The minimum Gasteiger partial charge on any atom is -0.497 e. The zero-order chi connectivity index (χ0) is 13.5. The molecule has 0 spiro atoms. The van der Waals surface area contributed by atoms with E-state index in [0.29, 0.717) is 0 Å². The SMILES string of the molecule is CCCC1CCC(CCc2cccc(OC)c2)CC1. The van der Waals surface area contributed by atoms with E-state index < -0.39 is 0 Å². The Balaban J connectivity index is 1.74. The van der Waals surface area contributed by atoms with Gasteiger partial charge in [-0.25, -0.2) is 0 Å². The van der Waals surface area contributed by atoms with Gasteiger partial charge in [0.15, 0.2) is 0 Å². The first-order chi connectivity index (χ1) is 9.31. The van der Waals surface area contributed by atoms with Gasteiger partial charge in [-0.2, -0.15) is 0 Å². The lowest BCUT2D eigenvalue weighted by Crippen LogP contribution is -2.15. The maximum atomic E-state index is 5.29. The minimum atomic E-state index is 0.958. The lowest BCUT2D eigenvalue weighted by molar-refractivity contribution is 0.252. The first-order valence-corrected chi connectivity index (χ1v) is 7.94. The molecule has 1 aromatic rings. The number of aryl methyl sites for hydroxylation is 1. The van der Waals surface area contributed by atoms with Gasteiger partial charge in [0, 0.05) is 0 Å². The molecular weight excluding hydrogens is 232 g/mol. The minimum absolute atomic E-state index is 0.958. The van der Waals surface area contributed by atoms with Crippen molar-refractivity contribution >= 4 is 0 Å². The third kappa shape index (κ3) is 4.56. The molecule has 2 rings (SSSR count). The van der Waals surface area contributed by atoms with Gasteiger partial charge in [-0.15, -0.1) is 0 Å². The van der Waals surface area contributed by atoms with E-state index in [-0.39, 0.29) is 0 Å². The van der Waals surface area contributed by atoms with Crippen molar-refractivity contribution in [3.8, 4) is 5.75 Å². The number of hydrogen-bond donors (Lipinski definition) is 0. The Labute approximate surface area is 118 Å². The Morgan fingerprint density at radius 3 is 2.37 bits per heavy atom. The highest BCUT2D eigenvalue weighted by Crippen LogP contribution is 2.33. The van der Waals surface area contributed by atoms with E-state index in [2.05, 4.69) is 25.1 Å². The average molecular weight is 260 g/mol. The Kier molecular flexibility index (Phi) is 5.75. The summed E-state index contributed by atoms with van der Waals surface area (Å²) in [5, 5.41) is 0. The molecule has 0 atom stereocenters. The molecule has 1 aromatic carbocycles. The van der Waals surface area contributed by atoms with Gasteiger partial charge in [0.05, 0.1) is 7.11 Å². The number of hydrogen-bond acceptors (Lipinski definition) is 1. The van der Waals surface area contributed by atoms with Crippen molar-refractivity contribution in [2.45, 2.75) is 58.3 Å². The number of methoxy groups -OCH3 is 1. The molecular formula is C18H28O. The molecule has 0 N–H and O–H groups in total. The molecule has 0 radical (unpaired) electrons. The van der Waals surface area contributed by atoms with Crippen LogP contribution in [0.5, 0.6) is 5.75 Å². The van der Waals surface area contributed by atoms with Gasteiger partial charge in [-0.3, -0.25) is 0 Å². The summed E-state index contributed by atoms with van der Waals surface area (Å²) < 4.78 is 5.29. The summed E-state index contributed by atoms with van der Waals surface area (Å²) in [6.07, 6.45) is 11.2. The van der Waals surface area contributed by atoms with E-state index in [9.17, 15) is 0 Å². The topological polar surface area (TPSA) is 9.23 Å². The molecule has 0 aromatic heterocycles. The monoisotopic (exact) mass is 260 g/mol. The maximum absolute atomic E-state index is 5.29. The van der Waals surface area contributed by atoms with Crippen LogP contribution in [-0.4, -0.2) is 7.11 Å². The molecule has 1 aliphatic carbocycles. The van der Waals surface area contributed by atoms with E-state index in [4.69, 9.17) is 4.74 Å². The van der Waals surface area contributed by atoms with Crippen LogP contribution < -0.4 is 4.74 Å². The fraction of sp³-hybridized carbons (Fsp3) is 0.667. The van der Waals surface area contributed by atoms with Crippen LogP contribution >= 0.6 is 0 Å². The molecule has 0 saturated heterocycles. The Bertz CT molecular complexity index is 364. The molecule has 0 bridgehead atoms. The zero-order valence-corrected chi connectivity index (χ0v) is 12.5. The molecule has 0 unspecified atom stereocenters. The van der Waals surface area contributed by atoms with Crippen molar-refractivity contribution in [1.29, 1.82) is 0 Å². The average Bonchev–Trinajstić information content (AvgIpc) is 2.47. The van der Waals surface area contributed by atoms with Crippen molar-refractivity contribution in [1.82, 2.24) is 0 Å². The maximum Gasteiger partial charge on any atom is 0.119 e. The smallest absolute Gasteiger partial charge is 0.119 e. The molecule has 0 amide bonds. The summed E-state index contributed by atoms with van der Waals surface area (Å²) in [6, 6.07) is 8.54. The third-order valence-electron chi connectivity index (χ3n) is 4.64. The van der Waals surface area contributed by atoms with Crippen LogP contribution in [0.4, 0.5) is 0 Å². The van der Waals surface area contributed by atoms with Gasteiger partial charge in [0.1, 0.15) is 5.75 Å². The quantitative estimate of drug-likeness (QED) is 0.680. The summed E-state index contributed by atoms with van der Waals surface area (Å²) in [5.41, 5.74) is 1.43. The number of ether oxygens (including phenoxy) is 1. The van der Waals surface area contributed by atoms with Gasteiger partial charge in [0.25, 0.3) is 0 Å². The highest BCUT2D eigenvalue weighted by Gasteiger charge is 2.20. The van der Waals surface area contributed by atoms with Crippen LogP contribution in [0.1, 0.15) is 57.4 Å². The van der Waals surface area contributed by atoms with Gasteiger partial charge in [-0.05, 0) is 42.4 Å². The second kappa shape index (κ2) is 7.57. The first kappa shape index (κ1) is 14.4. The van der Waals surface area contributed by atoms with Crippen molar-refractivity contribution in [2.24, 2.45) is 11.8 Å². The van der Waals surface area contributed by atoms with Crippen molar-refractivity contribution < 1.29 is 4.74 Å². The third-order valence-corrected chi connectivity index (χ3v) is 4.64. The van der Waals surface area contributed by atoms with E-state index in [1.165, 1.54) is 56.9 Å². The second-order valence-corrected chi connectivity index (χ2v) is 6.07. The molecule has 1 fully saturated rings. The summed E-state index contributed by atoms with van der Waals surface area (Å²) >= 11 is 0. The summed E-state index contributed by atoms with van der Waals surface area (Å²) in [5.74, 6) is 2.97. The van der Waals surface area contributed by atoms with Gasteiger partial charge >= 0.3 is 0 Å². The molecule has 19 heavy (non-hydrogen) atoms. The van der Waals surface area contributed by atoms with Gasteiger partial charge in [-0.1, -0.05) is 57.6 Å². The number of rotatable bonds is 6. The molecule has 0 heterocycles. The summed E-state index contributed by atoms with van der Waals surface area (Å²) in [7, 11) is 1.74. The fourth-order valence-corrected chi connectivity index (χ4v) is 3.42. The lowest BCUT2D eigenvalue weighted by atomic mass is 9.78. The van der Waals surface area contributed by atoms with Crippen LogP contribution in [0, 0.1) is 11.8 Å². The van der Waals surface area contributed by atoms with Crippen LogP contribution in [0.2, 0.25) is 0 Å². The normalized spacial score (nSPS) is 23.3. The largest absolute Gasteiger partial charge is 0.497 e. The van der Waals surface area contributed by atoms with Gasteiger partial charge in [0.2, 0.25) is 0 Å². The van der Waals surface area contributed by atoms with Crippen molar-refractivity contribution in [3.63, 3.8) is 0 Å². The highest BCUT2D eigenvalue weighted by molar-refractivity contribution is 5.28. The van der Waals surface area contributed by atoms with Crippen LogP contribution in [-0.2, 0) is 6.42 Å². The predicted octanol–water partition coefficient (Wildman–Crippen LogP) is 5.23. The zero-order valence-electron chi connectivity index (χ0n) is 12.5. The van der Waals surface area contributed by atoms with Crippen LogP contribution in [0.3, 0.4) is 0 Å². The standard InChI is InChI=1S/C18H28O/c1-3-5-15-8-10-16(11-9-15)12-13-17-6-4-7-18(14-17)19-2/h4,6-7,14-16H,3,5,8-13H2,1-2H3. The van der Waals surface area contributed by atoms with Crippen LogP contribution in [0.25, 0.3) is 0 Å². The second-order valence-electron chi connectivity index (χ2n) is 6.07. The van der Waals surface area contributed by atoms with Crippen LogP contribution in [0.15, 0.2) is 24.3 Å². The molecule has 1 heteroatoms. The molecule has 1 aliphatic rings. The first-order valence-electron chi connectivity index (χ1n) is 7.94.